The van der Waals surface area contributed by atoms with E-state index in [-0.39, 0.29) is 5.41 Å². The van der Waals surface area contributed by atoms with Gasteiger partial charge in [-0.25, -0.2) is 0 Å². The lowest BCUT2D eigenvalue weighted by Gasteiger charge is -2.20. The molecule has 0 heterocycles. The first-order valence-corrected chi connectivity index (χ1v) is 8.90. The summed E-state index contributed by atoms with van der Waals surface area (Å²) in [6.45, 7) is 11.2. The van der Waals surface area contributed by atoms with Crippen molar-refractivity contribution in [2.24, 2.45) is 0 Å². The van der Waals surface area contributed by atoms with Crippen LogP contribution >= 0.6 is 0 Å². The van der Waals surface area contributed by atoms with Crippen LogP contribution in [0.15, 0.2) is 24.3 Å². The molecular weight excluding hydrogens is 240 g/mol. The second kappa shape index (κ2) is 6.50. The lowest BCUT2D eigenvalue weighted by Crippen LogP contribution is -2.22. The van der Waals surface area contributed by atoms with Crippen molar-refractivity contribution in [3.8, 4) is 0 Å². The minimum Gasteiger partial charge on any atom is -0.415 e. The van der Waals surface area contributed by atoms with Crippen molar-refractivity contribution >= 4 is 9.04 Å². The van der Waals surface area contributed by atoms with E-state index in [0.717, 1.165) is 0 Å². The summed E-state index contributed by atoms with van der Waals surface area (Å²) < 4.78 is 5.53. The van der Waals surface area contributed by atoms with Gasteiger partial charge in [-0.1, -0.05) is 45.0 Å². The first kappa shape index (κ1) is 15.4. The number of benzene rings is 1. The van der Waals surface area contributed by atoms with Gasteiger partial charge in [0.25, 0.3) is 0 Å². The fourth-order valence-corrected chi connectivity index (χ4v) is 2.28. The highest BCUT2D eigenvalue weighted by atomic mass is 28.3. The van der Waals surface area contributed by atoms with Crippen LogP contribution in [0.2, 0.25) is 13.1 Å². The van der Waals surface area contributed by atoms with Crippen LogP contribution in [0.4, 0.5) is 0 Å². The molecule has 1 rings (SSSR count). The zero-order valence-electron chi connectivity index (χ0n) is 12.2. The van der Waals surface area contributed by atoms with Crippen LogP contribution in [0.1, 0.15) is 31.9 Å². The molecule has 0 saturated carbocycles. The Kier molecular flexibility index (Phi) is 5.57. The van der Waals surface area contributed by atoms with Gasteiger partial charge >= 0.3 is 0 Å². The molecule has 0 aliphatic heterocycles. The Morgan fingerprint density at radius 3 is 2.50 bits per heavy atom. The van der Waals surface area contributed by atoms with Crippen molar-refractivity contribution in [2.75, 3.05) is 6.61 Å². The highest BCUT2D eigenvalue weighted by molar-refractivity contribution is 6.48. The first-order chi connectivity index (χ1) is 8.29. The molecule has 0 fully saturated rings. The van der Waals surface area contributed by atoms with Gasteiger partial charge in [-0.2, -0.15) is 0 Å². The Labute approximate surface area is 113 Å². The molecule has 1 N–H and O–H groups in total. The normalized spacial score (nSPS) is 13.9. The number of hydrogen-bond acceptors (Lipinski definition) is 2. The summed E-state index contributed by atoms with van der Waals surface area (Å²) in [4.78, 5) is 0. The maximum atomic E-state index is 9.94. The van der Waals surface area contributed by atoms with E-state index in [0.29, 0.717) is 13.0 Å². The predicted octanol–water partition coefficient (Wildman–Crippen LogP) is 3.16. The van der Waals surface area contributed by atoms with Gasteiger partial charge in [-0.05, 0) is 29.6 Å². The molecule has 0 amide bonds. The van der Waals surface area contributed by atoms with Crippen molar-refractivity contribution in [3.05, 3.63) is 35.4 Å². The third-order valence-electron chi connectivity index (χ3n) is 2.83. The van der Waals surface area contributed by atoms with Gasteiger partial charge in [0, 0.05) is 6.42 Å². The molecule has 1 aromatic carbocycles. The molecule has 3 heteroatoms. The topological polar surface area (TPSA) is 29.5 Å². The Hall–Kier alpha value is -0.643. The smallest absolute Gasteiger partial charge is 0.205 e. The van der Waals surface area contributed by atoms with Crippen molar-refractivity contribution in [2.45, 2.75) is 51.8 Å². The summed E-state index contributed by atoms with van der Waals surface area (Å²) in [6.07, 6.45) is 0.263. The van der Waals surface area contributed by atoms with Crippen LogP contribution in [0.5, 0.6) is 0 Å². The average molecular weight is 265 g/mol. The molecule has 0 bridgehead atoms. The Morgan fingerprint density at radius 1 is 1.28 bits per heavy atom. The van der Waals surface area contributed by atoms with E-state index in [1.165, 1.54) is 11.1 Å². The van der Waals surface area contributed by atoms with Gasteiger partial charge < -0.3 is 9.53 Å². The lowest BCUT2D eigenvalue weighted by atomic mass is 9.86. The third kappa shape index (κ3) is 5.34. The fraction of sp³-hybridized carbons (Fsp3) is 0.600. The summed E-state index contributed by atoms with van der Waals surface area (Å²) in [6, 6.07) is 8.47. The highest BCUT2D eigenvalue weighted by Crippen LogP contribution is 2.23. The Balaban J connectivity index is 2.62. The standard InChI is InChI=1S/C15H25O2Si/c1-15(2,3)13-8-6-7-12(9-13)10-14(16)11-17-18(4)5/h6-9,14,16H,10-11H2,1-5H3. The van der Waals surface area contributed by atoms with Crippen LogP contribution in [0, 0.1) is 0 Å². The van der Waals surface area contributed by atoms with Gasteiger partial charge in [0.2, 0.25) is 9.04 Å². The fourth-order valence-electron chi connectivity index (χ4n) is 1.76. The molecule has 2 nitrogen and oxygen atoms in total. The number of hydrogen-bond donors (Lipinski definition) is 1. The minimum atomic E-state index is -0.712. The van der Waals surface area contributed by atoms with Crippen molar-refractivity contribution < 1.29 is 9.53 Å². The molecule has 101 valence electrons. The van der Waals surface area contributed by atoms with E-state index in [1.54, 1.807) is 0 Å². The van der Waals surface area contributed by atoms with Gasteiger partial charge in [0.15, 0.2) is 0 Å². The van der Waals surface area contributed by atoms with E-state index in [9.17, 15) is 5.11 Å². The number of aliphatic hydroxyl groups excluding tert-OH is 1. The molecule has 0 aliphatic rings. The van der Waals surface area contributed by atoms with Crippen molar-refractivity contribution in [3.63, 3.8) is 0 Å². The third-order valence-corrected chi connectivity index (χ3v) is 3.57. The number of aliphatic hydroxyl groups is 1. The Bertz CT molecular complexity index is 369. The van der Waals surface area contributed by atoms with E-state index >= 15 is 0 Å². The maximum Gasteiger partial charge on any atom is 0.205 e. The summed E-state index contributed by atoms with van der Waals surface area (Å²) in [5.74, 6) is 0. The molecule has 18 heavy (non-hydrogen) atoms. The highest BCUT2D eigenvalue weighted by Gasteiger charge is 2.14. The van der Waals surface area contributed by atoms with Crippen LogP contribution in [-0.4, -0.2) is 26.9 Å². The Morgan fingerprint density at radius 2 is 1.94 bits per heavy atom. The summed E-state index contributed by atoms with van der Waals surface area (Å²) in [5.41, 5.74) is 2.64. The first-order valence-electron chi connectivity index (χ1n) is 6.49. The molecule has 0 saturated heterocycles. The predicted molar refractivity (Wildman–Crippen MR) is 78.3 cm³/mol. The maximum absolute atomic E-state index is 9.94. The van der Waals surface area contributed by atoms with Gasteiger partial charge in [-0.15, -0.1) is 0 Å². The van der Waals surface area contributed by atoms with E-state index in [2.05, 4.69) is 58.1 Å². The average Bonchev–Trinajstić information content (AvgIpc) is 2.25. The van der Waals surface area contributed by atoms with Crippen LogP contribution in [-0.2, 0) is 16.3 Å². The molecular formula is C15H25O2Si. The summed E-state index contributed by atoms with van der Waals surface area (Å²) in [5, 5.41) is 9.94. The quantitative estimate of drug-likeness (QED) is 0.829. The molecule has 0 spiro atoms. The zero-order valence-corrected chi connectivity index (χ0v) is 13.2. The van der Waals surface area contributed by atoms with Gasteiger partial charge in [0.05, 0.1) is 12.7 Å². The molecule has 1 atom stereocenters. The second-order valence-electron chi connectivity index (χ2n) is 6.03. The van der Waals surface area contributed by atoms with E-state index in [1.807, 2.05) is 0 Å². The van der Waals surface area contributed by atoms with Crippen molar-refractivity contribution in [1.82, 2.24) is 0 Å². The monoisotopic (exact) mass is 265 g/mol. The number of rotatable bonds is 5. The van der Waals surface area contributed by atoms with Crippen LogP contribution in [0.3, 0.4) is 0 Å². The largest absolute Gasteiger partial charge is 0.415 e. The summed E-state index contributed by atoms with van der Waals surface area (Å²) in [7, 11) is -0.712. The molecule has 1 radical (unpaired) electrons. The molecule has 0 aliphatic carbocycles. The summed E-state index contributed by atoms with van der Waals surface area (Å²) >= 11 is 0. The molecule has 0 aromatic heterocycles. The van der Waals surface area contributed by atoms with Gasteiger partial charge in [0.1, 0.15) is 0 Å². The van der Waals surface area contributed by atoms with E-state index in [4.69, 9.17) is 4.43 Å². The lowest BCUT2D eigenvalue weighted by molar-refractivity contribution is 0.108. The van der Waals surface area contributed by atoms with E-state index < -0.39 is 15.1 Å². The second-order valence-corrected chi connectivity index (χ2v) is 8.13. The van der Waals surface area contributed by atoms with Crippen molar-refractivity contribution in [1.29, 1.82) is 0 Å². The SMILES string of the molecule is C[Si](C)OCC(O)Cc1cccc(C(C)(C)C)c1. The zero-order chi connectivity index (χ0) is 13.8. The molecule has 1 unspecified atom stereocenters. The van der Waals surface area contributed by atoms with Crippen LogP contribution < -0.4 is 0 Å². The van der Waals surface area contributed by atoms with Gasteiger partial charge in [-0.3, -0.25) is 0 Å². The molecule has 1 aromatic rings. The van der Waals surface area contributed by atoms with Crippen LogP contribution in [0.25, 0.3) is 0 Å². The minimum absolute atomic E-state index is 0.153.